The molecule has 0 bridgehead atoms. The van der Waals surface area contributed by atoms with E-state index in [2.05, 4.69) is 61.6 Å². The van der Waals surface area contributed by atoms with Crippen molar-refractivity contribution in [3.63, 3.8) is 0 Å². The molecule has 0 unspecified atom stereocenters. The topological polar surface area (TPSA) is 29.1 Å². The van der Waals surface area contributed by atoms with Crippen LogP contribution >= 0.6 is 0 Å². The van der Waals surface area contributed by atoms with Crippen LogP contribution in [-0.2, 0) is 11.2 Å². The zero-order valence-corrected chi connectivity index (χ0v) is 13.8. The molecule has 0 saturated heterocycles. The minimum atomic E-state index is 0.0303. The van der Waals surface area contributed by atoms with Gasteiger partial charge in [0.25, 0.3) is 0 Å². The number of rotatable bonds is 4. The van der Waals surface area contributed by atoms with Gasteiger partial charge in [-0.3, -0.25) is 4.79 Å². The van der Waals surface area contributed by atoms with Crippen LogP contribution < -0.4 is 5.32 Å². The van der Waals surface area contributed by atoms with E-state index in [1.54, 1.807) is 6.08 Å². The molecule has 118 valence electrons. The SMILES string of the molecule is CC1(C)CC(=O)C=C(Nc2ccccc2Cc2ccccc2)C1. The molecule has 0 atom stereocenters. The van der Waals surface area contributed by atoms with Gasteiger partial charge in [-0.2, -0.15) is 0 Å². The zero-order chi connectivity index (χ0) is 16.3. The maximum atomic E-state index is 11.9. The quantitative estimate of drug-likeness (QED) is 0.864. The minimum absolute atomic E-state index is 0.0303. The summed E-state index contributed by atoms with van der Waals surface area (Å²) in [5.41, 5.74) is 4.67. The van der Waals surface area contributed by atoms with Crippen LogP contribution in [0.25, 0.3) is 0 Å². The molecule has 0 aliphatic heterocycles. The van der Waals surface area contributed by atoms with Crippen LogP contribution in [0.15, 0.2) is 66.4 Å². The number of hydrogen-bond donors (Lipinski definition) is 1. The standard InChI is InChI=1S/C21H23NO/c1-21(2)14-18(13-19(23)15-21)22-20-11-7-6-10-17(20)12-16-8-4-3-5-9-16/h3-11,13,22H,12,14-15H2,1-2H3. The first-order chi connectivity index (χ1) is 11.0. The van der Waals surface area contributed by atoms with E-state index in [-0.39, 0.29) is 11.2 Å². The van der Waals surface area contributed by atoms with Gasteiger partial charge < -0.3 is 5.32 Å². The van der Waals surface area contributed by atoms with Crippen LogP contribution in [0.4, 0.5) is 5.69 Å². The van der Waals surface area contributed by atoms with Gasteiger partial charge in [0.2, 0.25) is 0 Å². The fraction of sp³-hybridized carbons (Fsp3) is 0.286. The number of nitrogens with one attached hydrogen (secondary N) is 1. The van der Waals surface area contributed by atoms with E-state index in [1.165, 1.54) is 11.1 Å². The van der Waals surface area contributed by atoms with Crippen LogP contribution in [0.1, 0.15) is 37.8 Å². The highest BCUT2D eigenvalue weighted by atomic mass is 16.1. The third kappa shape index (κ3) is 4.10. The normalized spacial score (nSPS) is 16.8. The molecule has 1 N–H and O–H groups in total. The lowest BCUT2D eigenvalue weighted by atomic mass is 9.79. The van der Waals surface area contributed by atoms with Crippen LogP contribution in [0.2, 0.25) is 0 Å². The highest BCUT2D eigenvalue weighted by molar-refractivity contribution is 5.92. The van der Waals surface area contributed by atoms with Crippen molar-refractivity contribution in [3.8, 4) is 0 Å². The van der Waals surface area contributed by atoms with E-state index in [1.807, 2.05) is 12.1 Å². The van der Waals surface area contributed by atoms with Crippen molar-refractivity contribution in [1.82, 2.24) is 0 Å². The molecule has 1 aliphatic rings. The Morgan fingerprint density at radius 1 is 0.957 bits per heavy atom. The van der Waals surface area contributed by atoms with E-state index in [0.717, 1.165) is 24.2 Å². The van der Waals surface area contributed by atoms with E-state index in [0.29, 0.717) is 6.42 Å². The molecule has 2 aromatic rings. The molecule has 0 aromatic heterocycles. The van der Waals surface area contributed by atoms with Gasteiger partial charge in [0, 0.05) is 23.9 Å². The molecule has 0 spiro atoms. The molecule has 0 radical (unpaired) electrons. The molecule has 1 aliphatic carbocycles. The van der Waals surface area contributed by atoms with E-state index in [9.17, 15) is 4.79 Å². The molecule has 0 amide bonds. The molecule has 0 saturated carbocycles. The number of carbonyl (C=O) groups excluding carboxylic acids is 1. The molecular formula is C21H23NO. The second-order valence-corrected chi connectivity index (χ2v) is 7.10. The molecular weight excluding hydrogens is 282 g/mol. The number of anilines is 1. The Balaban J connectivity index is 1.82. The van der Waals surface area contributed by atoms with Gasteiger partial charge >= 0.3 is 0 Å². The number of carbonyl (C=O) groups is 1. The number of hydrogen-bond acceptors (Lipinski definition) is 2. The first kappa shape index (κ1) is 15.5. The summed E-state index contributed by atoms with van der Waals surface area (Å²) in [4.78, 5) is 11.9. The smallest absolute Gasteiger partial charge is 0.157 e. The Bertz CT molecular complexity index is 729. The maximum absolute atomic E-state index is 11.9. The van der Waals surface area contributed by atoms with Gasteiger partial charge in [0.1, 0.15) is 0 Å². The summed E-state index contributed by atoms with van der Waals surface area (Å²) < 4.78 is 0. The summed E-state index contributed by atoms with van der Waals surface area (Å²) in [6.45, 7) is 4.30. The van der Waals surface area contributed by atoms with Gasteiger partial charge in [-0.25, -0.2) is 0 Å². The summed E-state index contributed by atoms with van der Waals surface area (Å²) in [5.74, 6) is 0.212. The van der Waals surface area contributed by atoms with Gasteiger partial charge in [-0.05, 0) is 35.4 Å². The van der Waals surface area contributed by atoms with Crippen molar-refractivity contribution in [1.29, 1.82) is 0 Å². The largest absolute Gasteiger partial charge is 0.359 e. The van der Waals surface area contributed by atoms with E-state index in [4.69, 9.17) is 0 Å². The highest BCUT2D eigenvalue weighted by Crippen LogP contribution is 2.34. The number of ketones is 1. The fourth-order valence-electron chi connectivity index (χ4n) is 3.21. The molecule has 2 heteroatoms. The lowest BCUT2D eigenvalue weighted by Crippen LogP contribution is -2.24. The van der Waals surface area contributed by atoms with Crippen molar-refractivity contribution < 1.29 is 4.79 Å². The van der Waals surface area contributed by atoms with Crippen molar-refractivity contribution in [3.05, 3.63) is 77.5 Å². The van der Waals surface area contributed by atoms with Crippen LogP contribution in [0, 0.1) is 5.41 Å². The summed E-state index contributed by atoms with van der Waals surface area (Å²) in [6, 6.07) is 18.8. The van der Waals surface area contributed by atoms with Crippen LogP contribution in [0.3, 0.4) is 0 Å². The first-order valence-corrected chi connectivity index (χ1v) is 8.14. The van der Waals surface area contributed by atoms with Gasteiger partial charge in [-0.15, -0.1) is 0 Å². The van der Waals surface area contributed by atoms with Crippen LogP contribution in [-0.4, -0.2) is 5.78 Å². The van der Waals surface area contributed by atoms with E-state index >= 15 is 0 Å². The Labute approximate surface area is 138 Å². The Morgan fingerprint density at radius 3 is 2.39 bits per heavy atom. The molecule has 23 heavy (non-hydrogen) atoms. The molecule has 0 heterocycles. The third-order valence-electron chi connectivity index (χ3n) is 4.21. The third-order valence-corrected chi connectivity index (χ3v) is 4.21. The summed E-state index contributed by atoms with van der Waals surface area (Å²) in [7, 11) is 0. The van der Waals surface area contributed by atoms with Crippen molar-refractivity contribution in [2.24, 2.45) is 5.41 Å². The Hall–Kier alpha value is -2.35. The monoisotopic (exact) mass is 305 g/mol. The average molecular weight is 305 g/mol. The Kier molecular flexibility index (Phi) is 4.33. The Morgan fingerprint density at radius 2 is 1.65 bits per heavy atom. The second-order valence-electron chi connectivity index (χ2n) is 7.10. The second kappa shape index (κ2) is 6.41. The van der Waals surface area contributed by atoms with Gasteiger partial charge in [0.15, 0.2) is 5.78 Å². The lowest BCUT2D eigenvalue weighted by Gasteiger charge is -2.29. The summed E-state index contributed by atoms with van der Waals surface area (Å²) >= 11 is 0. The first-order valence-electron chi connectivity index (χ1n) is 8.14. The summed E-state index contributed by atoms with van der Waals surface area (Å²) in [5, 5.41) is 3.50. The molecule has 2 nitrogen and oxygen atoms in total. The minimum Gasteiger partial charge on any atom is -0.359 e. The molecule has 0 fully saturated rings. The van der Waals surface area contributed by atoms with Crippen molar-refractivity contribution in [2.45, 2.75) is 33.1 Å². The molecule has 2 aromatic carbocycles. The van der Waals surface area contributed by atoms with Crippen LogP contribution in [0.5, 0.6) is 0 Å². The maximum Gasteiger partial charge on any atom is 0.157 e. The number of benzene rings is 2. The van der Waals surface area contributed by atoms with Gasteiger partial charge in [-0.1, -0.05) is 62.4 Å². The number of para-hydroxylation sites is 1. The van der Waals surface area contributed by atoms with Crippen molar-refractivity contribution in [2.75, 3.05) is 5.32 Å². The predicted molar refractivity (Wildman–Crippen MR) is 95.4 cm³/mol. The van der Waals surface area contributed by atoms with Crippen molar-refractivity contribution >= 4 is 11.5 Å². The zero-order valence-electron chi connectivity index (χ0n) is 13.8. The average Bonchev–Trinajstić information content (AvgIpc) is 2.48. The van der Waals surface area contributed by atoms with E-state index < -0.39 is 0 Å². The fourth-order valence-corrected chi connectivity index (χ4v) is 3.21. The molecule has 3 rings (SSSR count). The lowest BCUT2D eigenvalue weighted by molar-refractivity contribution is -0.117. The predicted octanol–water partition coefficient (Wildman–Crippen LogP) is 4.96. The summed E-state index contributed by atoms with van der Waals surface area (Å²) in [6.07, 6.45) is 4.18. The highest BCUT2D eigenvalue weighted by Gasteiger charge is 2.27. The van der Waals surface area contributed by atoms with Gasteiger partial charge in [0.05, 0.1) is 0 Å². The number of allylic oxidation sites excluding steroid dienone is 2.